The monoisotopic (exact) mass is 1950 g/mol. The molecule has 11 nitrogen and oxygen atoms in total. The predicted octanol–water partition coefficient (Wildman–Crippen LogP) is 30.5. The number of fused-ring (bicyclic) bond motifs is 27. The molecule has 0 unspecified atom stereocenters. The molecule has 12 heterocycles. The van der Waals surface area contributed by atoms with E-state index in [-0.39, 0.29) is 0 Å². The van der Waals surface area contributed by atoms with E-state index in [1.165, 1.54) is 133 Å². The number of hydrogen-bond donors (Lipinski definition) is 0. The fourth-order valence-electron chi connectivity index (χ4n) is 24.6. The Bertz CT molecular complexity index is 10000. The van der Waals surface area contributed by atoms with Crippen molar-refractivity contribution < 1.29 is 4.42 Å². The minimum atomic E-state index is -2.08. The van der Waals surface area contributed by atoms with Gasteiger partial charge in [-0.3, -0.25) is 0 Å². The Kier molecular flexibility index (Phi) is 19.4. The molecular weight excluding hydrogens is 1860 g/mol. The van der Waals surface area contributed by atoms with Gasteiger partial charge in [0.1, 0.15) is 35.4 Å². The van der Waals surface area contributed by atoms with Gasteiger partial charge >= 0.3 is 0 Å². The van der Waals surface area contributed by atoms with Crippen LogP contribution in [0.1, 0.15) is 0 Å². The summed E-state index contributed by atoms with van der Waals surface area (Å²) in [6.07, 6.45) is 0. The van der Waals surface area contributed by atoms with Gasteiger partial charge in [0.25, 0.3) is 0 Å². The lowest BCUT2D eigenvalue weighted by Gasteiger charge is -2.22. The summed E-state index contributed by atoms with van der Waals surface area (Å²) in [4.78, 5) is 32.9. The van der Waals surface area contributed by atoms with Gasteiger partial charge in [-0.2, -0.15) is 0 Å². The summed E-state index contributed by atoms with van der Waals surface area (Å²) in [5, 5.41) is 23.0. The number of thiophene rings is 1. The van der Waals surface area contributed by atoms with Gasteiger partial charge in [0.05, 0.1) is 95.4 Å². The average molecular weight is 1950 g/mol. The normalized spacial score (nSPS) is 13.4. The van der Waals surface area contributed by atoms with Crippen molar-refractivity contribution in [1.82, 2.24) is 48.2 Å². The van der Waals surface area contributed by atoms with Crippen molar-refractivity contribution in [1.29, 1.82) is 0 Å². The van der Waals surface area contributed by atoms with Gasteiger partial charge in [-0.1, -0.05) is 367 Å². The fraction of sp³-hybridized carbons (Fsp3) is 0.0455. The van der Waals surface area contributed by atoms with Gasteiger partial charge in [0.2, 0.25) is 0 Å². The van der Waals surface area contributed by atoms with Crippen LogP contribution in [0.25, 0.3) is 254 Å². The van der Waals surface area contributed by atoms with Crippen LogP contribution >= 0.6 is 11.3 Å². The quantitative estimate of drug-likeness (QED) is 0.125. The van der Waals surface area contributed by atoms with Crippen LogP contribution in [0.15, 0.2) is 453 Å². The topological polar surface area (TPSA) is 110 Å². The zero-order valence-electron chi connectivity index (χ0n) is 81.5. The lowest BCUT2D eigenvalue weighted by molar-refractivity contribution is 0.669. The molecule has 0 atom stereocenters. The molecule has 0 spiro atoms. The minimum absolute atomic E-state index is 0.732. The van der Waals surface area contributed by atoms with Crippen molar-refractivity contribution in [3.05, 3.63) is 449 Å². The van der Waals surface area contributed by atoms with Crippen LogP contribution in [-0.4, -0.2) is 72.4 Å². The Hall–Kier alpha value is -17.7. The van der Waals surface area contributed by atoms with E-state index in [9.17, 15) is 0 Å². The molecule has 0 saturated heterocycles. The first kappa shape index (κ1) is 86.0. The highest BCUT2D eigenvalue weighted by molar-refractivity contribution is 7.26. The van der Waals surface area contributed by atoms with E-state index in [0.29, 0.717) is 0 Å². The van der Waals surface area contributed by atoms with E-state index in [1.54, 1.807) is 0 Å². The summed E-state index contributed by atoms with van der Waals surface area (Å²) < 4.78 is 18.6. The highest BCUT2D eigenvalue weighted by atomic mass is 32.1. The first-order valence-electron chi connectivity index (χ1n) is 50.5. The molecule has 694 valence electrons. The molecule has 0 bridgehead atoms. The van der Waals surface area contributed by atoms with Crippen LogP contribution in [0.4, 0.5) is 0 Å². The van der Waals surface area contributed by atoms with Gasteiger partial charge in [0.15, 0.2) is 17.5 Å². The van der Waals surface area contributed by atoms with Crippen molar-refractivity contribution in [3.8, 4) is 124 Å². The molecule has 9 aromatic heterocycles. The molecule has 31 rings (SSSR count). The number of aromatic nitrogens is 10. The van der Waals surface area contributed by atoms with Crippen LogP contribution in [0, 0.1) is 0 Å². The summed E-state index contributed by atoms with van der Waals surface area (Å²) >= 11 is 1.86. The van der Waals surface area contributed by atoms with Crippen LogP contribution in [0.3, 0.4) is 0 Å². The van der Waals surface area contributed by atoms with Crippen LogP contribution in [-0.2, 0) is 0 Å². The van der Waals surface area contributed by atoms with Crippen molar-refractivity contribution in [2.45, 2.75) is 39.3 Å². The second-order valence-corrected chi connectivity index (χ2v) is 54.5. The molecule has 0 fully saturated rings. The third-order valence-electron chi connectivity index (χ3n) is 31.3. The van der Waals surface area contributed by atoms with E-state index < -0.39 is 24.2 Å². The molecule has 147 heavy (non-hydrogen) atoms. The third kappa shape index (κ3) is 13.2. The summed E-state index contributed by atoms with van der Waals surface area (Å²) in [7, 11) is -6.17. The van der Waals surface area contributed by atoms with Crippen molar-refractivity contribution in [2.75, 3.05) is 0 Å². The van der Waals surface area contributed by atoms with Gasteiger partial charge < -0.3 is 22.7 Å². The van der Waals surface area contributed by atoms with Crippen molar-refractivity contribution in [2.24, 2.45) is 0 Å². The fourth-order valence-corrected chi connectivity index (χ4v) is 35.5. The molecule has 19 aromatic carbocycles. The Morgan fingerprint density at radius 3 is 0.905 bits per heavy atom. The Morgan fingerprint density at radius 1 is 0.197 bits per heavy atom. The number of para-hydroxylation sites is 9. The van der Waals surface area contributed by atoms with Gasteiger partial charge in [-0.25, -0.2) is 29.9 Å². The number of furan rings is 1. The van der Waals surface area contributed by atoms with E-state index in [0.717, 1.165) is 152 Å². The standard InChI is InChI=1S/C48H34N4Si.C42H29N3OSi.C42H29N3SSi/c1-53(2)44-28-16-12-24-36(44)46-47(53)45(31-17-5-3-6-18-31)49-48(50-46)35-23-11-15-27-41(35)52-40-26-14-10-22-34(40)38-29-37-33-21-9-13-25-39(33)51(42(37)30-43(38)52)32-19-7-4-8-20-32;2*1-47(2)38-23-13-9-19-30(38)40-41(47)39(26-14-4-3-5-15-26)43-42(44-40)29-18-7-11-21-34(29)45-33-20-10-6-16-27(33)31-24-32-28-17-8-12-22-36(28)46-37(32)25-35(31)45/h3-30H,1-2H3;2*3-25H,1-2H3. The molecule has 0 saturated carbocycles. The van der Waals surface area contributed by atoms with Crippen LogP contribution in [0.2, 0.25) is 39.3 Å². The van der Waals surface area contributed by atoms with E-state index in [2.05, 4.69) is 494 Å². The van der Waals surface area contributed by atoms with Crippen molar-refractivity contribution >= 4 is 196 Å². The highest BCUT2D eigenvalue weighted by Gasteiger charge is 2.46. The summed E-state index contributed by atoms with van der Waals surface area (Å²) in [5.74, 6) is 2.23. The minimum Gasteiger partial charge on any atom is -0.456 e. The Balaban J connectivity index is 0.000000104. The molecule has 0 amide bonds. The number of rotatable bonds is 10. The Morgan fingerprint density at radius 2 is 0.490 bits per heavy atom. The molecule has 3 aliphatic rings. The Labute approximate surface area is 854 Å². The molecule has 28 aromatic rings. The van der Waals surface area contributed by atoms with Crippen molar-refractivity contribution in [3.63, 3.8) is 0 Å². The zero-order valence-corrected chi connectivity index (χ0v) is 85.3. The molecular formula is C132H92N10OSSi3. The highest BCUT2D eigenvalue weighted by Crippen LogP contribution is 2.49. The van der Waals surface area contributed by atoms with Crippen LogP contribution in [0.5, 0.6) is 0 Å². The van der Waals surface area contributed by atoms with E-state index >= 15 is 0 Å². The second kappa shape index (κ2) is 33.2. The molecule has 3 aliphatic heterocycles. The molecule has 0 aliphatic carbocycles. The zero-order chi connectivity index (χ0) is 97.8. The maximum absolute atomic E-state index is 6.40. The molecule has 0 N–H and O–H groups in total. The smallest absolute Gasteiger partial charge is 0.162 e. The third-order valence-corrected chi connectivity index (χ3v) is 42.9. The lowest BCUT2D eigenvalue weighted by Crippen LogP contribution is -2.50. The molecule has 0 radical (unpaired) electrons. The molecule has 15 heteroatoms. The summed E-state index contributed by atoms with van der Waals surface area (Å²) in [6, 6.07) is 161. The second-order valence-electron chi connectivity index (χ2n) is 40.6. The average Bonchev–Trinajstić information content (AvgIpc) is 1.60. The largest absolute Gasteiger partial charge is 0.456 e. The number of hydrogen-bond acceptors (Lipinski definition) is 8. The number of benzene rings is 19. The lowest BCUT2D eigenvalue weighted by atomic mass is 10.1. The van der Waals surface area contributed by atoms with Gasteiger partial charge in [-0.15, -0.1) is 11.3 Å². The number of nitrogens with zero attached hydrogens (tertiary/aromatic N) is 10. The SMILES string of the molecule is C[Si]1(C)c2ccccc2-c2nc(-c3ccccc3-n3c4ccccc4c4cc5c(cc43)oc3ccccc35)nc(-c3ccccc3)c21.C[Si]1(C)c2ccccc2-c2nc(-c3ccccc3-n3c4ccccc4c4cc5c(cc43)sc3ccccc35)nc(-c3ccccc3)c21.C[Si]1(C)c2ccccc2-c2nc(-c3ccccc3-n3c4ccccc4c4cc5c6ccccc6n(-c6ccccc6)c5cc43)nc(-c3ccccc3)c21. The van der Waals surface area contributed by atoms with E-state index in [1.807, 2.05) is 23.5 Å². The first-order valence-corrected chi connectivity index (χ1v) is 60.3. The first-order chi connectivity index (χ1) is 72.2. The van der Waals surface area contributed by atoms with Crippen LogP contribution < -0.4 is 31.1 Å². The predicted molar refractivity (Wildman–Crippen MR) is 623 cm³/mol. The maximum Gasteiger partial charge on any atom is 0.162 e. The maximum atomic E-state index is 6.40. The van der Waals surface area contributed by atoms with Gasteiger partial charge in [-0.05, 0) is 163 Å². The van der Waals surface area contributed by atoms with E-state index in [4.69, 9.17) is 34.3 Å². The summed E-state index contributed by atoms with van der Waals surface area (Å²) in [6.45, 7) is 14.6. The summed E-state index contributed by atoms with van der Waals surface area (Å²) in [5.41, 5.74) is 31.9. The van der Waals surface area contributed by atoms with Gasteiger partial charge in [0, 0.05) is 119 Å².